The average molecular weight is 378 g/mol. The van der Waals surface area contributed by atoms with Crippen molar-refractivity contribution in [3.8, 4) is 0 Å². The molecule has 2 aromatic carbocycles. The van der Waals surface area contributed by atoms with Crippen LogP contribution in [0.2, 0.25) is 10.0 Å². The lowest BCUT2D eigenvalue weighted by Crippen LogP contribution is -2.51. The fraction of sp³-hybridized carbons (Fsp3) is 0.188. The largest absolute Gasteiger partial charge is 0.423 e. The SMILES string of the molecule is O=C(NC[C@](O)(c1ccccc1)C(F)(F)F)c1ccc(Cl)c(Cl)c1. The van der Waals surface area contributed by atoms with Crippen molar-refractivity contribution >= 4 is 29.1 Å². The first-order chi connectivity index (χ1) is 11.1. The predicted octanol–water partition coefficient (Wildman–Crippen LogP) is 4.17. The summed E-state index contributed by atoms with van der Waals surface area (Å²) in [5, 5.41) is 12.5. The number of benzene rings is 2. The third kappa shape index (κ3) is 3.83. The van der Waals surface area contributed by atoms with Crippen molar-refractivity contribution < 1.29 is 23.1 Å². The Bertz CT molecular complexity index is 738. The van der Waals surface area contributed by atoms with Crippen molar-refractivity contribution in [2.24, 2.45) is 0 Å². The van der Waals surface area contributed by atoms with Gasteiger partial charge in [0.15, 0.2) is 0 Å². The van der Waals surface area contributed by atoms with E-state index >= 15 is 0 Å². The molecule has 0 radical (unpaired) electrons. The second-order valence-corrected chi connectivity index (χ2v) is 5.85. The normalized spacial score (nSPS) is 14.1. The summed E-state index contributed by atoms with van der Waals surface area (Å²) in [6, 6.07) is 10.4. The molecule has 0 heterocycles. The van der Waals surface area contributed by atoms with Crippen LogP contribution in [-0.4, -0.2) is 23.7 Å². The van der Waals surface area contributed by atoms with Crippen LogP contribution in [0.25, 0.3) is 0 Å². The lowest BCUT2D eigenvalue weighted by atomic mass is 9.93. The second-order valence-electron chi connectivity index (χ2n) is 5.04. The van der Waals surface area contributed by atoms with Gasteiger partial charge in [-0.05, 0) is 23.8 Å². The number of nitrogens with one attached hydrogen (secondary N) is 1. The van der Waals surface area contributed by atoms with E-state index < -0.39 is 24.2 Å². The number of aliphatic hydroxyl groups is 1. The van der Waals surface area contributed by atoms with E-state index in [0.29, 0.717) is 0 Å². The van der Waals surface area contributed by atoms with Gasteiger partial charge in [0.05, 0.1) is 16.6 Å². The summed E-state index contributed by atoms with van der Waals surface area (Å²) in [6.45, 7) is -1.04. The predicted molar refractivity (Wildman–Crippen MR) is 85.2 cm³/mol. The Labute approximate surface area is 146 Å². The number of amides is 1. The van der Waals surface area contributed by atoms with E-state index in [0.717, 1.165) is 12.1 Å². The lowest BCUT2D eigenvalue weighted by Gasteiger charge is -2.31. The van der Waals surface area contributed by atoms with Gasteiger partial charge in [0.1, 0.15) is 0 Å². The molecule has 1 amide bonds. The Morgan fingerprint density at radius 1 is 1.04 bits per heavy atom. The van der Waals surface area contributed by atoms with E-state index in [2.05, 4.69) is 5.32 Å². The third-order valence-electron chi connectivity index (χ3n) is 3.41. The Balaban J connectivity index is 2.22. The van der Waals surface area contributed by atoms with Crippen LogP contribution in [0, 0.1) is 0 Å². The van der Waals surface area contributed by atoms with E-state index in [1.165, 1.54) is 36.4 Å². The van der Waals surface area contributed by atoms with Gasteiger partial charge in [-0.15, -0.1) is 0 Å². The van der Waals surface area contributed by atoms with Crippen molar-refractivity contribution in [1.29, 1.82) is 0 Å². The number of halogens is 5. The molecule has 0 bridgehead atoms. The Kier molecular flexibility index (Phi) is 5.42. The van der Waals surface area contributed by atoms with Gasteiger partial charge < -0.3 is 10.4 Å². The van der Waals surface area contributed by atoms with Crippen molar-refractivity contribution in [2.45, 2.75) is 11.8 Å². The van der Waals surface area contributed by atoms with Crippen LogP contribution >= 0.6 is 23.2 Å². The number of alkyl halides is 3. The third-order valence-corrected chi connectivity index (χ3v) is 4.15. The zero-order chi connectivity index (χ0) is 18.0. The molecule has 2 rings (SSSR count). The first-order valence-corrected chi connectivity index (χ1v) is 7.48. The number of carbonyl (C=O) groups excluding carboxylic acids is 1. The summed E-state index contributed by atoms with van der Waals surface area (Å²) in [7, 11) is 0. The van der Waals surface area contributed by atoms with Crippen LogP contribution in [0.3, 0.4) is 0 Å². The second kappa shape index (κ2) is 7.01. The van der Waals surface area contributed by atoms with Crippen molar-refractivity contribution in [2.75, 3.05) is 6.54 Å². The summed E-state index contributed by atoms with van der Waals surface area (Å²) in [5.74, 6) is -0.813. The minimum Gasteiger partial charge on any atom is -0.375 e. The molecule has 0 aliphatic rings. The molecule has 128 valence electrons. The van der Waals surface area contributed by atoms with Crippen LogP contribution in [0.1, 0.15) is 15.9 Å². The fourth-order valence-electron chi connectivity index (χ4n) is 2.03. The summed E-state index contributed by atoms with van der Waals surface area (Å²) in [5.41, 5.74) is -3.55. The highest BCUT2D eigenvalue weighted by atomic mass is 35.5. The van der Waals surface area contributed by atoms with Crippen molar-refractivity contribution in [3.63, 3.8) is 0 Å². The van der Waals surface area contributed by atoms with E-state index in [9.17, 15) is 23.1 Å². The van der Waals surface area contributed by atoms with Crippen molar-refractivity contribution in [3.05, 3.63) is 69.7 Å². The molecule has 0 aromatic heterocycles. The van der Waals surface area contributed by atoms with E-state index in [1.807, 2.05) is 0 Å². The molecule has 0 aliphatic heterocycles. The maximum atomic E-state index is 13.3. The van der Waals surface area contributed by atoms with Gasteiger partial charge in [-0.1, -0.05) is 53.5 Å². The number of rotatable bonds is 4. The molecule has 2 aromatic rings. The highest BCUT2D eigenvalue weighted by molar-refractivity contribution is 6.42. The molecule has 0 saturated carbocycles. The zero-order valence-corrected chi connectivity index (χ0v) is 13.6. The molecule has 0 spiro atoms. The van der Waals surface area contributed by atoms with Gasteiger partial charge in [-0.3, -0.25) is 4.79 Å². The molecule has 0 unspecified atom stereocenters. The molecular weight excluding hydrogens is 366 g/mol. The zero-order valence-electron chi connectivity index (χ0n) is 12.1. The van der Waals surface area contributed by atoms with Crippen LogP contribution in [0.5, 0.6) is 0 Å². The summed E-state index contributed by atoms with van der Waals surface area (Å²) in [6.07, 6.45) is -4.97. The molecule has 3 nitrogen and oxygen atoms in total. The van der Waals surface area contributed by atoms with Gasteiger partial charge >= 0.3 is 6.18 Å². The maximum absolute atomic E-state index is 13.3. The maximum Gasteiger partial charge on any atom is 0.423 e. The monoisotopic (exact) mass is 377 g/mol. The minimum atomic E-state index is -4.97. The van der Waals surface area contributed by atoms with E-state index in [-0.39, 0.29) is 21.2 Å². The Morgan fingerprint density at radius 2 is 1.67 bits per heavy atom. The van der Waals surface area contributed by atoms with Crippen LogP contribution in [0.15, 0.2) is 48.5 Å². The number of hydrogen-bond donors (Lipinski definition) is 2. The number of carbonyl (C=O) groups is 1. The highest BCUT2D eigenvalue weighted by Crippen LogP contribution is 2.38. The average Bonchev–Trinajstić information content (AvgIpc) is 2.54. The van der Waals surface area contributed by atoms with E-state index in [1.54, 1.807) is 0 Å². The molecule has 24 heavy (non-hydrogen) atoms. The van der Waals surface area contributed by atoms with Gasteiger partial charge in [0.2, 0.25) is 5.60 Å². The number of hydrogen-bond acceptors (Lipinski definition) is 2. The quantitative estimate of drug-likeness (QED) is 0.839. The van der Waals surface area contributed by atoms with Gasteiger partial charge in [0, 0.05) is 5.56 Å². The van der Waals surface area contributed by atoms with E-state index in [4.69, 9.17) is 23.2 Å². The molecule has 8 heteroatoms. The Hall–Kier alpha value is -1.76. The molecule has 2 N–H and O–H groups in total. The molecular formula is C16H12Cl2F3NO2. The van der Waals surface area contributed by atoms with Crippen LogP contribution < -0.4 is 5.32 Å². The first kappa shape index (κ1) is 18.6. The van der Waals surface area contributed by atoms with Gasteiger partial charge in [-0.2, -0.15) is 13.2 Å². The van der Waals surface area contributed by atoms with Crippen LogP contribution in [-0.2, 0) is 5.60 Å². The molecule has 0 fully saturated rings. The summed E-state index contributed by atoms with van der Waals surface area (Å²) < 4.78 is 40.0. The summed E-state index contributed by atoms with van der Waals surface area (Å²) >= 11 is 11.5. The van der Waals surface area contributed by atoms with Crippen LogP contribution in [0.4, 0.5) is 13.2 Å². The molecule has 1 atom stereocenters. The fourth-order valence-corrected chi connectivity index (χ4v) is 2.33. The first-order valence-electron chi connectivity index (χ1n) is 6.73. The molecule has 0 aliphatic carbocycles. The summed E-state index contributed by atoms with van der Waals surface area (Å²) in [4.78, 5) is 12.0. The Morgan fingerprint density at radius 3 is 2.21 bits per heavy atom. The van der Waals surface area contributed by atoms with Crippen molar-refractivity contribution in [1.82, 2.24) is 5.32 Å². The lowest BCUT2D eigenvalue weighted by molar-refractivity contribution is -0.263. The standard InChI is InChI=1S/C16H12Cl2F3NO2/c17-12-7-6-10(8-13(12)18)14(23)22-9-15(24,16(19,20)21)11-4-2-1-3-5-11/h1-8,24H,9H2,(H,22,23)/t15-/m0/s1. The highest BCUT2D eigenvalue weighted by Gasteiger charge is 2.55. The minimum absolute atomic E-state index is 0.0296. The smallest absolute Gasteiger partial charge is 0.375 e. The van der Waals surface area contributed by atoms with Gasteiger partial charge in [0.25, 0.3) is 5.91 Å². The van der Waals surface area contributed by atoms with Gasteiger partial charge in [-0.25, -0.2) is 0 Å². The molecule has 0 saturated heterocycles. The topological polar surface area (TPSA) is 49.3 Å².